The Morgan fingerprint density at radius 1 is 0.929 bits per heavy atom. The van der Waals surface area contributed by atoms with Gasteiger partial charge in [0.05, 0.1) is 19.9 Å². The Morgan fingerprint density at radius 2 is 1.71 bits per heavy atom. The Labute approximate surface area is 244 Å². The Kier molecular flexibility index (Phi) is 8.14. The predicted octanol–water partition coefficient (Wildman–Crippen LogP) is 4.64. The highest BCUT2D eigenvalue weighted by atomic mass is 16.6. The number of aromatic nitrogens is 4. The van der Waals surface area contributed by atoms with E-state index in [9.17, 15) is 9.59 Å². The van der Waals surface area contributed by atoms with E-state index in [-0.39, 0.29) is 12.0 Å². The molecule has 1 aliphatic heterocycles. The summed E-state index contributed by atoms with van der Waals surface area (Å²) in [5.41, 5.74) is 2.96. The first kappa shape index (κ1) is 28.7. The first-order valence-electron chi connectivity index (χ1n) is 13.7. The highest BCUT2D eigenvalue weighted by molar-refractivity contribution is 5.95. The molecule has 12 nitrogen and oxygen atoms in total. The molecule has 3 aromatic heterocycles. The largest absolute Gasteiger partial charge is 0.491 e. The van der Waals surface area contributed by atoms with Crippen LogP contribution in [-0.2, 0) is 4.74 Å². The minimum Gasteiger partial charge on any atom is -0.491 e. The van der Waals surface area contributed by atoms with Crippen LogP contribution in [0.1, 0.15) is 37.6 Å². The molecule has 0 radical (unpaired) electrons. The second-order valence-corrected chi connectivity index (χ2v) is 10.9. The fraction of sp³-hybridized carbons (Fsp3) is 0.367. The van der Waals surface area contributed by atoms with E-state index < -0.39 is 5.60 Å². The molecule has 0 atom stereocenters. The molecule has 0 unspecified atom stereocenters. The van der Waals surface area contributed by atoms with Crippen molar-refractivity contribution in [2.45, 2.75) is 32.8 Å². The van der Waals surface area contributed by atoms with Crippen LogP contribution in [0, 0.1) is 0 Å². The third kappa shape index (κ3) is 6.37. The van der Waals surface area contributed by atoms with Gasteiger partial charge in [-0.05, 0) is 63.1 Å². The molecule has 12 heteroatoms. The maximum atomic E-state index is 13.6. The number of pyridine rings is 2. The van der Waals surface area contributed by atoms with Crippen LogP contribution >= 0.6 is 0 Å². The molecule has 1 saturated heterocycles. The smallest absolute Gasteiger partial charge is 0.410 e. The average Bonchev–Trinajstić information content (AvgIpc) is 3.32. The number of ether oxygens (including phenoxy) is 3. The molecule has 42 heavy (non-hydrogen) atoms. The van der Waals surface area contributed by atoms with Crippen LogP contribution in [0.25, 0.3) is 16.8 Å². The van der Waals surface area contributed by atoms with Gasteiger partial charge in [-0.15, -0.1) is 0 Å². The number of hydrogen-bond acceptors (Lipinski definition) is 9. The zero-order valence-corrected chi connectivity index (χ0v) is 24.5. The summed E-state index contributed by atoms with van der Waals surface area (Å²) in [5.74, 6) is 1.33. The SMILES string of the molecule is COc1ccc(Nc2cc(-c3cccc(C(=O)N4CCCN(C(=O)OC(C)(C)C)CC4)c3)cn3ncnc23)nc1OC. The lowest BCUT2D eigenvalue weighted by Gasteiger charge is -2.26. The van der Waals surface area contributed by atoms with Crippen LogP contribution in [-0.4, -0.2) is 87.4 Å². The molecule has 4 aromatic rings. The number of rotatable bonds is 6. The summed E-state index contributed by atoms with van der Waals surface area (Å²) in [4.78, 5) is 38.4. The lowest BCUT2D eigenvalue weighted by Crippen LogP contribution is -2.40. The van der Waals surface area contributed by atoms with E-state index in [0.717, 1.165) is 11.1 Å². The van der Waals surface area contributed by atoms with Gasteiger partial charge in [0.25, 0.3) is 11.8 Å². The number of amides is 2. The molecular formula is C30H35N7O5. The van der Waals surface area contributed by atoms with E-state index in [4.69, 9.17) is 14.2 Å². The number of fused-ring (bicyclic) bond motifs is 1. The van der Waals surface area contributed by atoms with Crippen LogP contribution in [0.5, 0.6) is 11.6 Å². The summed E-state index contributed by atoms with van der Waals surface area (Å²) in [7, 11) is 3.09. The van der Waals surface area contributed by atoms with E-state index in [0.29, 0.717) is 66.9 Å². The number of carbonyl (C=O) groups excluding carboxylic acids is 2. The number of carbonyl (C=O) groups is 2. The highest BCUT2D eigenvalue weighted by Crippen LogP contribution is 2.31. The van der Waals surface area contributed by atoms with Crippen LogP contribution in [0.2, 0.25) is 0 Å². The molecule has 0 bridgehead atoms. The van der Waals surface area contributed by atoms with E-state index >= 15 is 0 Å². The standard InChI is InChI=1S/C30H35N7O5/c1-30(2,3)42-29(39)36-13-7-12-35(14-15-36)28(38)21-9-6-8-20(16-21)22-17-23(26-31-19-32-37(26)18-22)33-25-11-10-24(40-4)27(34-25)41-5/h6,8-11,16-19H,7,12-15H2,1-5H3,(H,33,34). The van der Waals surface area contributed by atoms with E-state index in [2.05, 4.69) is 20.4 Å². The van der Waals surface area contributed by atoms with E-state index in [1.807, 2.05) is 57.3 Å². The molecule has 2 amide bonds. The molecule has 0 spiro atoms. The summed E-state index contributed by atoms with van der Waals surface area (Å²) >= 11 is 0. The first-order chi connectivity index (χ1) is 20.1. The number of methoxy groups -OCH3 is 2. The quantitative estimate of drug-likeness (QED) is 0.351. The molecule has 4 heterocycles. The average molecular weight is 574 g/mol. The normalized spacial score (nSPS) is 13.9. The summed E-state index contributed by atoms with van der Waals surface area (Å²) in [6.07, 6.45) is 3.66. The number of benzene rings is 1. The molecular weight excluding hydrogens is 538 g/mol. The molecule has 220 valence electrons. The van der Waals surface area contributed by atoms with Crippen molar-refractivity contribution in [3.8, 4) is 22.8 Å². The first-order valence-corrected chi connectivity index (χ1v) is 13.7. The van der Waals surface area contributed by atoms with Gasteiger partial charge in [-0.1, -0.05) is 12.1 Å². The minimum atomic E-state index is -0.567. The van der Waals surface area contributed by atoms with Crippen molar-refractivity contribution >= 4 is 29.2 Å². The number of nitrogens with one attached hydrogen (secondary N) is 1. The lowest BCUT2D eigenvalue weighted by atomic mass is 10.0. The molecule has 0 aliphatic carbocycles. The molecule has 1 fully saturated rings. The van der Waals surface area contributed by atoms with Crippen molar-refractivity contribution < 1.29 is 23.8 Å². The zero-order valence-electron chi connectivity index (χ0n) is 24.5. The second kappa shape index (κ2) is 11.9. The second-order valence-electron chi connectivity index (χ2n) is 10.9. The fourth-order valence-electron chi connectivity index (χ4n) is 4.76. The summed E-state index contributed by atoms with van der Waals surface area (Å²) in [5, 5.41) is 7.64. The van der Waals surface area contributed by atoms with Gasteiger partial charge in [-0.25, -0.2) is 14.3 Å². The van der Waals surface area contributed by atoms with Gasteiger partial charge in [-0.2, -0.15) is 10.1 Å². The monoisotopic (exact) mass is 573 g/mol. The van der Waals surface area contributed by atoms with Crippen LogP contribution in [0.3, 0.4) is 0 Å². The Morgan fingerprint density at radius 3 is 2.48 bits per heavy atom. The third-order valence-corrected chi connectivity index (χ3v) is 6.75. The highest BCUT2D eigenvalue weighted by Gasteiger charge is 2.26. The summed E-state index contributed by atoms with van der Waals surface area (Å²) in [6.45, 7) is 7.48. The molecule has 1 N–H and O–H groups in total. The Balaban J connectivity index is 1.37. The molecule has 1 aromatic carbocycles. The minimum absolute atomic E-state index is 0.0856. The molecule has 5 rings (SSSR count). The maximum Gasteiger partial charge on any atom is 0.410 e. The van der Waals surface area contributed by atoms with Crippen LogP contribution < -0.4 is 14.8 Å². The fourth-order valence-corrected chi connectivity index (χ4v) is 4.76. The van der Waals surface area contributed by atoms with Gasteiger partial charge >= 0.3 is 6.09 Å². The van der Waals surface area contributed by atoms with Gasteiger partial charge in [0.15, 0.2) is 11.4 Å². The number of hydrogen-bond donors (Lipinski definition) is 1. The molecule has 1 aliphatic rings. The van der Waals surface area contributed by atoms with Crippen molar-refractivity contribution in [2.75, 3.05) is 45.7 Å². The van der Waals surface area contributed by atoms with E-state index in [1.54, 1.807) is 33.6 Å². The molecule has 0 saturated carbocycles. The Bertz CT molecular complexity index is 1600. The van der Waals surface area contributed by atoms with Gasteiger partial charge < -0.3 is 29.3 Å². The van der Waals surface area contributed by atoms with Gasteiger partial charge in [0.2, 0.25) is 0 Å². The lowest BCUT2D eigenvalue weighted by molar-refractivity contribution is 0.0255. The number of nitrogens with zero attached hydrogens (tertiary/aromatic N) is 6. The zero-order chi connectivity index (χ0) is 29.9. The summed E-state index contributed by atoms with van der Waals surface area (Å²) < 4.78 is 17.8. The van der Waals surface area contributed by atoms with Crippen LogP contribution in [0.15, 0.2) is 55.0 Å². The van der Waals surface area contributed by atoms with Crippen molar-refractivity contribution in [1.82, 2.24) is 29.4 Å². The van der Waals surface area contributed by atoms with Gasteiger partial charge in [0, 0.05) is 43.5 Å². The van der Waals surface area contributed by atoms with Crippen molar-refractivity contribution in [2.24, 2.45) is 0 Å². The van der Waals surface area contributed by atoms with E-state index in [1.165, 1.54) is 13.4 Å². The van der Waals surface area contributed by atoms with Crippen molar-refractivity contribution in [3.05, 3.63) is 60.6 Å². The van der Waals surface area contributed by atoms with Gasteiger partial charge in [0.1, 0.15) is 17.7 Å². The number of anilines is 2. The summed E-state index contributed by atoms with van der Waals surface area (Å²) in [6, 6.07) is 13.0. The maximum absolute atomic E-state index is 13.6. The van der Waals surface area contributed by atoms with Gasteiger partial charge in [-0.3, -0.25) is 4.79 Å². The van der Waals surface area contributed by atoms with Crippen molar-refractivity contribution in [3.63, 3.8) is 0 Å². The Hall–Kier alpha value is -4.87. The predicted molar refractivity (Wildman–Crippen MR) is 157 cm³/mol. The van der Waals surface area contributed by atoms with Crippen molar-refractivity contribution in [1.29, 1.82) is 0 Å². The topological polar surface area (TPSA) is 123 Å². The van der Waals surface area contributed by atoms with Crippen LogP contribution in [0.4, 0.5) is 16.3 Å². The third-order valence-electron chi connectivity index (χ3n) is 6.75.